The van der Waals surface area contributed by atoms with E-state index < -0.39 is 10.0 Å². The molecule has 0 saturated carbocycles. The third-order valence-electron chi connectivity index (χ3n) is 4.95. The molecule has 2 aromatic rings. The van der Waals surface area contributed by atoms with E-state index in [0.29, 0.717) is 13.1 Å². The summed E-state index contributed by atoms with van der Waals surface area (Å²) in [6, 6.07) is 5.69. The number of hydrogen-bond acceptors (Lipinski definition) is 6. The van der Waals surface area contributed by atoms with Gasteiger partial charge >= 0.3 is 0 Å². The monoisotopic (exact) mass is 378 g/mol. The molecule has 0 unspecified atom stereocenters. The van der Waals surface area contributed by atoms with E-state index in [1.165, 1.54) is 16.6 Å². The molecular weight excluding hydrogens is 356 g/mol. The lowest BCUT2D eigenvalue weighted by Gasteiger charge is -2.31. The molecule has 0 spiro atoms. The smallest absolute Gasteiger partial charge is 0.244 e. The van der Waals surface area contributed by atoms with Crippen molar-refractivity contribution in [3.8, 4) is 0 Å². The van der Waals surface area contributed by atoms with Crippen LogP contribution in [0.15, 0.2) is 34.7 Å². The van der Waals surface area contributed by atoms with Gasteiger partial charge in [0.25, 0.3) is 0 Å². The lowest BCUT2D eigenvalue weighted by molar-refractivity contribution is 0.222. The Kier molecular flexibility index (Phi) is 4.53. The number of likely N-dealkylation sites (N-methyl/N-ethyl adjacent to an activating group) is 1. The van der Waals surface area contributed by atoms with Crippen LogP contribution < -0.4 is 4.90 Å². The topological polar surface area (TPSA) is 56.8 Å². The molecule has 2 aliphatic rings. The Morgan fingerprint density at radius 1 is 1.08 bits per heavy atom. The fourth-order valence-corrected chi connectivity index (χ4v) is 5.59. The standard InChI is InChI=1S/C17H22N4O2S2/c1-19-7-9-21(10-8-19)25(22,23)15-2-3-17(18-12-15)20-6-4-16-14(13-20)5-11-24-16/h2-3,5,11-12H,4,6-10,13H2,1H3. The Balaban J connectivity index is 1.50. The lowest BCUT2D eigenvalue weighted by Crippen LogP contribution is -2.47. The van der Waals surface area contributed by atoms with Gasteiger partial charge in [0.15, 0.2) is 0 Å². The third kappa shape index (κ3) is 3.31. The maximum Gasteiger partial charge on any atom is 0.244 e. The molecule has 0 bridgehead atoms. The maximum absolute atomic E-state index is 12.8. The fourth-order valence-electron chi connectivity index (χ4n) is 3.33. The molecule has 8 heteroatoms. The van der Waals surface area contributed by atoms with Gasteiger partial charge in [-0.2, -0.15) is 4.31 Å². The number of hydrogen-bond donors (Lipinski definition) is 0. The second-order valence-electron chi connectivity index (χ2n) is 6.60. The van der Waals surface area contributed by atoms with Crippen molar-refractivity contribution in [3.63, 3.8) is 0 Å². The van der Waals surface area contributed by atoms with Gasteiger partial charge in [0.2, 0.25) is 10.0 Å². The van der Waals surface area contributed by atoms with Gasteiger partial charge in [-0.15, -0.1) is 11.3 Å². The summed E-state index contributed by atoms with van der Waals surface area (Å²) in [5.41, 5.74) is 1.35. The zero-order valence-electron chi connectivity index (χ0n) is 14.3. The normalized spacial score (nSPS) is 19.8. The molecule has 0 radical (unpaired) electrons. The lowest BCUT2D eigenvalue weighted by atomic mass is 10.1. The number of pyridine rings is 1. The molecule has 1 saturated heterocycles. The van der Waals surface area contributed by atoms with E-state index in [1.54, 1.807) is 10.4 Å². The summed E-state index contributed by atoms with van der Waals surface area (Å²) < 4.78 is 27.1. The average molecular weight is 379 g/mol. The highest BCUT2D eigenvalue weighted by atomic mass is 32.2. The van der Waals surface area contributed by atoms with Crippen LogP contribution >= 0.6 is 11.3 Å². The molecule has 2 aliphatic heterocycles. The van der Waals surface area contributed by atoms with E-state index in [9.17, 15) is 8.42 Å². The molecule has 0 amide bonds. The minimum absolute atomic E-state index is 0.286. The van der Waals surface area contributed by atoms with Crippen molar-refractivity contribution in [1.82, 2.24) is 14.2 Å². The molecular formula is C17H22N4O2S2. The van der Waals surface area contributed by atoms with Gasteiger partial charge in [-0.25, -0.2) is 13.4 Å². The second-order valence-corrected chi connectivity index (χ2v) is 9.54. The molecule has 134 valence electrons. The predicted octanol–water partition coefficient (Wildman–Crippen LogP) is 1.64. The Bertz CT molecular complexity index is 840. The van der Waals surface area contributed by atoms with Crippen LogP contribution in [0.1, 0.15) is 10.4 Å². The van der Waals surface area contributed by atoms with Crippen molar-refractivity contribution in [2.45, 2.75) is 17.9 Å². The number of anilines is 1. The third-order valence-corrected chi connectivity index (χ3v) is 7.86. The number of thiophene rings is 1. The summed E-state index contributed by atoms with van der Waals surface area (Å²) in [6.45, 7) is 4.37. The largest absolute Gasteiger partial charge is 0.352 e. The highest BCUT2D eigenvalue weighted by Gasteiger charge is 2.28. The SMILES string of the molecule is CN1CCN(S(=O)(=O)c2ccc(N3CCc4sccc4C3)nc2)CC1. The molecule has 25 heavy (non-hydrogen) atoms. The molecule has 1 fully saturated rings. The number of piperazine rings is 1. The highest BCUT2D eigenvalue weighted by Crippen LogP contribution is 2.27. The van der Waals surface area contributed by atoms with Crippen molar-refractivity contribution >= 4 is 27.2 Å². The van der Waals surface area contributed by atoms with Crippen molar-refractivity contribution < 1.29 is 8.42 Å². The Morgan fingerprint density at radius 2 is 1.88 bits per heavy atom. The first-order valence-corrected chi connectivity index (χ1v) is 10.8. The molecule has 0 aromatic carbocycles. The van der Waals surface area contributed by atoms with Gasteiger partial charge in [0, 0.05) is 50.3 Å². The number of fused-ring (bicyclic) bond motifs is 1. The molecule has 2 aromatic heterocycles. The van der Waals surface area contributed by atoms with Gasteiger partial charge in [0.1, 0.15) is 10.7 Å². The average Bonchev–Trinajstić information content (AvgIpc) is 3.10. The number of nitrogens with zero attached hydrogens (tertiary/aromatic N) is 4. The molecule has 0 atom stereocenters. The Hall–Kier alpha value is -1.48. The van der Waals surface area contributed by atoms with Gasteiger partial charge in [0.05, 0.1) is 0 Å². The van der Waals surface area contributed by atoms with Gasteiger partial charge in [-0.05, 0) is 42.6 Å². The minimum Gasteiger partial charge on any atom is -0.352 e. The van der Waals surface area contributed by atoms with Crippen LogP contribution in [0.4, 0.5) is 5.82 Å². The van der Waals surface area contributed by atoms with Crippen LogP contribution in [-0.2, 0) is 23.0 Å². The summed E-state index contributed by atoms with van der Waals surface area (Å²) >= 11 is 1.81. The van der Waals surface area contributed by atoms with Gasteiger partial charge < -0.3 is 9.80 Å². The van der Waals surface area contributed by atoms with E-state index in [4.69, 9.17) is 0 Å². The maximum atomic E-state index is 12.8. The highest BCUT2D eigenvalue weighted by molar-refractivity contribution is 7.89. The predicted molar refractivity (Wildman–Crippen MR) is 99.6 cm³/mol. The Labute approximate surface area is 152 Å². The Morgan fingerprint density at radius 3 is 2.60 bits per heavy atom. The van der Waals surface area contributed by atoms with Crippen molar-refractivity contribution in [3.05, 3.63) is 40.2 Å². The fraction of sp³-hybridized carbons (Fsp3) is 0.471. The molecule has 0 N–H and O–H groups in total. The van der Waals surface area contributed by atoms with E-state index in [-0.39, 0.29) is 4.90 Å². The van der Waals surface area contributed by atoms with Crippen LogP contribution in [0, 0.1) is 0 Å². The van der Waals surface area contributed by atoms with E-state index in [2.05, 4.69) is 26.2 Å². The van der Waals surface area contributed by atoms with Crippen molar-refractivity contribution in [2.75, 3.05) is 44.7 Å². The van der Waals surface area contributed by atoms with Crippen LogP contribution in [0.5, 0.6) is 0 Å². The van der Waals surface area contributed by atoms with Crippen LogP contribution in [0.2, 0.25) is 0 Å². The van der Waals surface area contributed by atoms with E-state index >= 15 is 0 Å². The first kappa shape index (κ1) is 17.0. The number of sulfonamides is 1. The van der Waals surface area contributed by atoms with Crippen LogP contribution in [0.3, 0.4) is 0 Å². The number of rotatable bonds is 3. The zero-order chi connectivity index (χ0) is 17.4. The van der Waals surface area contributed by atoms with Crippen LogP contribution in [0.25, 0.3) is 0 Å². The summed E-state index contributed by atoms with van der Waals surface area (Å²) in [5.74, 6) is 0.842. The molecule has 6 nitrogen and oxygen atoms in total. The quantitative estimate of drug-likeness (QED) is 0.813. The minimum atomic E-state index is -3.45. The second kappa shape index (κ2) is 6.68. The van der Waals surface area contributed by atoms with Crippen molar-refractivity contribution in [1.29, 1.82) is 0 Å². The van der Waals surface area contributed by atoms with Gasteiger partial charge in [-0.3, -0.25) is 0 Å². The first-order valence-electron chi connectivity index (χ1n) is 8.49. The zero-order valence-corrected chi connectivity index (χ0v) is 15.9. The molecule has 0 aliphatic carbocycles. The summed E-state index contributed by atoms with van der Waals surface area (Å²) in [6.07, 6.45) is 2.53. The summed E-state index contributed by atoms with van der Waals surface area (Å²) in [5, 5.41) is 2.13. The summed E-state index contributed by atoms with van der Waals surface area (Å²) in [4.78, 5) is 10.5. The van der Waals surface area contributed by atoms with E-state index in [1.807, 2.05) is 24.5 Å². The first-order chi connectivity index (χ1) is 12.0. The van der Waals surface area contributed by atoms with Gasteiger partial charge in [-0.1, -0.05) is 0 Å². The molecule has 4 rings (SSSR count). The van der Waals surface area contributed by atoms with Crippen LogP contribution in [-0.4, -0.2) is 62.4 Å². The molecule has 4 heterocycles. The van der Waals surface area contributed by atoms with Crippen molar-refractivity contribution in [2.24, 2.45) is 0 Å². The van der Waals surface area contributed by atoms with E-state index in [0.717, 1.165) is 38.4 Å². The number of aromatic nitrogens is 1. The summed E-state index contributed by atoms with van der Waals surface area (Å²) in [7, 11) is -1.43.